The monoisotopic (exact) mass is 294 g/mol. The molecule has 2 nitrogen and oxygen atoms in total. The van der Waals surface area contributed by atoms with Crippen molar-refractivity contribution in [3.05, 3.63) is 0 Å². The van der Waals surface area contributed by atoms with E-state index in [-0.39, 0.29) is 0 Å². The van der Waals surface area contributed by atoms with Crippen LogP contribution in [0, 0.1) is 0 Å². The third kappa shape index (κ3) is 3.83. The van der Waals surface area contributed by atoms with Crippen molar-refractivity contribution in [2.75, 3.05) is 39.3 Å². The molecule has 0 aromatic heterocycles. The standard InChI is InChI=1S/C8H20As2N2/c9-1-3-11-5-7-12(4-2-10)8-6-11/h1-10H2. The molecule has 1 fully saturated rings. The van der Waals surface area contributed by atoms with Gasteiger partial charge in [0, 0.05) is 0 Å². The molecule has 1 rings (SSSR count). The van der Waals surface area contributed by atoms with E-state index >= 15 is 0 Å². The van der Waals surface area contributed by atoms with Gasteiger partial charge in [0.2, 0.25) is 0 Å². The summed E-state index contributed by atoms with van der Waals surface area (Å²) in [5.41, 5.74) is 0. The number of rotatable bonds is 4. The summed E-state index contributed by atoms with van der Waals surface area (Å²) < 4.78 is 0. The Balaban J connectivity index is 2.11. The Hall–Kier alpha value is 1.04. The van der Waals surface area contributed by atoms with Crippen molar-refractivity contribution in [3.63, 3.8) is 0 Å². The molecule has 0 aliphatic carbocycles. The molecule has 0 aromatic carbocycles. The van der Waals surface area contributed by atoms with E-state index in [0.717, 1.165) is 0 Å². The number of hydrogen-bond acceptors (Lipinski definition) is 2. The van der Waals surface area contributed by atoms with Gasteiger partial charge in [0.1, 0.15) is 0 Å². The zero-order valence-electron chi connectivity index (χ0n) is 7.71. The van der Waals surface area contributed by atoms with Crippen molar-refractivity contribution in [3.8, 4) is 0 Å². The second kappa shape index (κ2) is 6.48. The Labute approximate surface area is 93.0 Å². The third-order valence-electron chi connectivity index (χ3n) is 2.36. The molecular weight excluding hydrogens is 274 g/mol. The molecular formula is C8H20As2N2. The van der Waals surface area contributed by atoms with Crippen molar-refractivity contribution in [2.24, 2.45) is 0 Å². The molecule has 2 unspecified atom stereocenters. The van der Waals surface area contributed by atoms with E-state index in [1.807, 2.05) is 33.7 Å². The minimum atomic E-state index is 1.30. The Bertz CT molecular complexity index is 99.6. The van der Waals surface area contributed by atoms with Gasteiger partial charge in [0.05, 0.1) is 0 Å². The van der Waals surface area contributed by atoms with Crippen LogP contribution in [0.5, 0.6) is 0 Å². The Morgan fingerprint density at radius 2 is 1.08 bits per heavy atom. The van der Waals surface area contributed by atoms with Gasteiger partial charge in [-0.25, -0.2) is 0 Å². The van der Waals surface area contributed by atoms with Gasteiger partial charge in [-0.15, -0.1) is 0 Å². The van der Waals surface area contributed by atoms with Gasteiger partial charge < -0.3 is 0 Å². The van der Waals surface area contributed by atoms with Crippen molar-refractivity contribution >= 4 is 33.7 Å². The molecule has 0 radical (unpaired) electrons. The normalized spacial score (nSPS) is 21.5. The van der Waals surface area contributed by atoms with Gasteiger partial charge >= 0.3 is 93.2 Å². The van der Waals surface area contributed by atoms with E-state index in [9.17, 15) is 0 Å². The van der Waals surface area contributed by atoms with Crippen molar-refractivity contribution in [2.45, 2.75) is 10.4 Å². The third-order valence-corrected chi connectivity index (χ3v) is 3.44. The van der Waals surface area contributed by atoms with Crippen LogP contribution in [0.4, 0.5) is 0 Å². The topological polar surface area (TPSA) is 6.48 Å². The van der Waals surface area contributed by atoms with E-state index < -0.39 is 0 Å². The van der Waals surface area contributed by atoms with Gasteiger partial charge in [-0.1, -0.05) is 0 Å². The average Bonchev–Trinajstić information content (AvgIpc) is 2.09. The fourth-order valence-corrected chi connectivity index (χ4v) is 3.13. The maximum absolute atomic E-state index is 2.60. The predicted molar refractivity (Wildman–Crippen MR) is 59.6 cm³/mol. The molecule has 0 aromatic rings. The first kappa shape index (κ1) is 11.1. The molecule has 0 bridgehead atoms. The van der Waals surface area contributed by atoms with Crippen LogP contribution >= 0.6 is 0 Å². The Morgan fingerprint density at radius 3 is 1.33 bits per heavy atom. The van der Waals surface area contributed by atoms with Crippen molar-refractivity contribution in [1.82, 2.24) is 9.80 Å². The first-order valence-electron chi connectivity index (χ1n) is 4.71. The summed E-state index contributed by atoms with van der Waals surface area (Å²) in [4.78, 5) is 5.19. The van der Waals surface area contributed by atoms with E-state index in [0.29, 0.717) is 0 Å². The maximum atomic E-state index is 2.60. The van der Waals surface area contributed by atoms with Gasteiger partial charge in [0.25, 0.3) is 0 Å². The van der Waals surface area contributed by atoms with Gasteiger partial charge in [-0.05, 0) is 0 Å². The molecule has 0 spiro atoms. The SMILES string of the molecule is [AsH2]CCN1CCN(CC[AsH2])CC1. The molecule has 72 valence electrons. The molecule has 1 aliphatic heterocycles. The Morgan fingerprint density at radius 1 is 0.750 bits per heavy atom. The summed E-state index contributed by atoms with van der Waals surface area (Å²) in [5.74, 6) is 0. The van der Waals surface area contributed by atoms with Crippen molar-refractivity contribution < 1.29 is 0 Å². The molecule has 0 N–H and O–H groups in total. The van der Waals surface area contributed by atoms with Crippen LogP contribution in [0.15, 0.2) is 0 Å². The van der Waals surface area contributed by atoms with Gasteiger partial charge in [0.15, 0.2) is 0 Å². The fourth-order valence-electron chi connectivity index (χ4n) is 1.60. The molecule has 4 heteroatoms. The number of piperazine rings is 1. The van der Waals surface area contributed by atoms with Gasteiger partial charge in [-0.2, -0.15) is 0 Å². The quantitative estimate of drug-likeness (QED) is 0.595. The van der Waals surface area contributed by atoms with Crippen LogP contribution in [0.3, 0.4) is 0 Å². The van der Waals surface area contributed by atoms with Crippen LogP contribution in [0.25, 0.3) is 0 Å². The minimum absolute atomic E-state index is 1.30. The zero-order chi connectivity index (χ0) is 8.81. The zero-order valence-corrected chi connectivity index (χ0v) is 12.6. The average molecular weight is 294 g/mol. The predicted octanol–water partition coefficient (Wildman–Crippen LogP) is -1.29. The van der Waals surface area contributed by atoms with E-state index in [4.69, 9.17) is 0 Å². The summed E-state index contributed by atoms with van der Waals surface area (Å²) in [6.45, 7) is 7.86. The summed E-state index contributed by atoms with van der Waals surface area (Å²) in [6, 6.07) is 0. The van der Waals surface area contributed by atoms with E-state index in [1.54, 1.807) is 0 Å². The number of nitrogens with zero attached hydrogens (tertiary/aromatic N) is 2. The summed E-state index contributed by atoms with van der Waals surface area (Å²) in [6.07, 6.45) is 0. The summed E-state index contributed by atoms with van der Waals surface area (Å²) in [7, 11) is 0. The van der Waals surface area contributed by atoms with E-state index in [1.165, 1.54) is 49.7 Å². The number of hydrogen-bond donors (Lipinski definition) is 0. The molecule has 1 saturated heterocycles. The van der Waals surface area contributed by atoms with Crippen LogP contribution in [-0.2, 0) is 0 Å². The van der Waals surface area contributed by atoms with E-state index in [2.05, 4.69) is 9.80 Å². The molecule has 1 aliphatic rings. The van der Waals surface area contributed by atoms with Crippen LogP contribution in [-0.4, -0.2) is 82.8 Å². The first-order valence-corrected chi connectivity index (χ1v) is 8.14. The van der Waals surface area contributed by atoms with Gasteiger partial charge in [-0.3, -0.25) is 0 Å². The van der Waals surface area contributed by atoms with Crippen LogP contribution in [0.2, 0.25) is 10.4 Å². The molecule has 0 amide bonds. The second-order valence-corrected chi connectivity index (χ2v) is 5.68. The summed E-state index contributed by atoms with van der Waals surface area (Å²) >= 11 is 3.72. The second-order valence-electron chi connectivity index (χ2n) is 3.26. The molecule has 1 heterocycles. The van der Waals surface area contributed by atoms with Crippen LogP contribution in [0.1, 0.15) is 0 Å². The molecule has 2 atom stereocenters. The first-order chi connectivity index (χ1) is 5.86. The Kier molecular flexibility index (Phi) is 6.01. The van der Waals surface area contributed by atoms with Crippen molar-refractivity contribution in [1.29, 1.82) is 0 Å². The fraction of sp³-hybridized carbons (Fsp3) is 1.00. The molecule has 12 heavy (non-hydrogen) atoms. The molecule has 0 saturated carbocycles. The van der Waals surface area contributed by atoms with Crippen LogP contribution < -0.4 is 0 Å². The summed E-state index contributed by atoms with van der Waals surface area (Å²) in [5, 5.41) is 2.73.